The molecule has 2 amide bonds. The van der Waals surface area contributed by atoms with Crippen LogP contribution >= 0.6 is 12.4 Å². The van der Waals surface area contributed by atoms with Crippen molar-refractivity contribution in [1.82, 2.24) is 5.32 Å². The molecule has 1 aromatic rings. The van der Waals surface area contributed by atoms with Crippen LogP contribution in [-0.2, 0) is 16.0 Å². The molecular formula is C17H26ClN3O2. The third-order valence-electron chi connectivity index (χ3n) is 4.23. The van der Waals surface area contributed by atoms with E-state index in [4.69, 9.17) is 5.73 Å². The standard InChI is InChI=1S/C17H25N3O2.ClH/c1-2-12-5-3-7-14(9-12)20-17(22)11-19-16(21)10-13-6-4-8-15(13)18;/h3,5,7,9,13,15H,2,4,6,8,10-11,18H2,1H3,(H,19,21)(H,20,22);1H/t13-,15+;/m0./s1. The predicted molar refractivity (Wildman–Crippen MR) is 94.6 cm³/mol. The topological polar surface area (TPSA) is 84.2 Å². The fraction of sp³-hybridized carbons (Fsp3) is 0.529. The third-order valence-corrected chi connectivity index (χ3v) is 4.23. The SMILES string of the molecule is CCc1cccc(NC(=O)CNC(=O)C[C@@H]2CCC[C@H]2N)c1.Cl. The van der Waals surface area contributed by atoms with Crippen LogP contribution in [0.1, 0.15) is 38.2 Å². The minimum atomic E-state index is -0.211. The number of benzene rings is 1. The maximum Gasteiger partial charge on any atom is 0.243 e. The maximum atomic E-state index is 11.9. The molecule has 5 nitrogen and oxygen atoms in total. The molecule has 0 saturated heterocycles. The minimum absolute atomic E-state index is 0. The van der Waals surface area contributed by atoms with Crippen molar-refractivity contribution in [1.29, 1.82) is 0 Å². The van der Waals surface area contributed by atoms with Gasteiger partial charge in [-0.25, -0.2) is 0 Å². The fourth-order valence-corrected chi connectivity index (χ4v) is 2.88. The second kappa shape index (κ2) is 9.53. The molecule has 0 spiro atoms. The second-order valence-electron chi connectivity index (χ2n) is 5.94. The Balaban J connectivity index is 0.00000264. The van der Waals surface area contributed by atoms with Crippen LogP contribution in [-0.4, -0.2) is 24.4 Å². The maximum absolute atomic E-state index is 11.9. The molecule has 0 aromatic heterocycles. The number of carbonyl (C=O) groups is 2. The Kier molecular flexibility index (Phi) is 8.06. The Morgan fingerprint density at radius 1 is 1.26 bits per heavy atom. The molecule has 0 heterocycles. The number of rotatable bonds is 6. The predicted octanol–water partition coefficient (Wildman–Crippen LogP) is 2.24. The zero-order chi connectivity index (χ0) is 15.9. The molecule has 128 valence electrons. The molecule has 1 saturated carbocycles. The summed E-state index contributed by atoms with van der Waals surface area (Å²) >= 11 is 0. The monoisotopic (exact) mass is 339 g/mol. The van der Waals surface area contributed by atoms with Crippen molar-refractivity contribution >= 4 is 29.9 Å². The lowest BCUT2D eigenvalue weighted by Gasteiger charge is -2.14. The normalized spacial score (nSPS) is 19.7. The van der Waals surface area contributed by atoms with Crippen LogP contribution in [0.2, 0.25) is 0 Å². The highest BCUT2D eigenvalue weighted by atomic mass is 35.5. The number of hydrogen-bond donors (Lipinski definition) is 3. The summed E-state index contributed by atoms with van der Waals surface area (Å²) in [6.45, 7) is 2.06. The van der Waals surface area contributed by atoms with Gasteiger partial charge < -0.3 is 16.4 Å². The van der Waals surface area contributed by atoms with Crippen molar-refractivity contribution in [3.63, 3.8) is 0 Å². The molecule has 0 aliphatic heterocycles. The van der Waals surface area contributed by atoms with Crippen molar-refractivity contribution in [3.8, 4) is 0 Å². The van der Waals surface area contributed by atoms with Crippen molar-refractivity contribution in [3.05, 3.63) is 29.8 Å². The van der Waals surface area contributed by atoms with E-state index in [1.165, 1.54) is 0 Å². The van der Waals surface area contributed by atoms with Gasteiger partial charge >= 0.3 is 0 Å². The van der Waals surface area contributed by atoms with Crippen LogP contribution in [0.5, 0.6) is 0 Å². The van der Waals surface area contributed by atoms with Gasteiger partial charge in [0.1, 0.15) is 0 Å². The van der Waals surface area contributed by atoms with Crippen LogP contribution in [0, 0.1) is 5.92 Å². The zero-order valence-corrected chi connectivity index (χ0v) is 14.3. The van der Waals surface area contributed by atoms with Gasteiger partial charge in [0.15, 0.2) is 0 Å². The number of aryl methyl sites for hydroxylation is 1. The molecule has 0 bridgehead atoms. The van der Waals surface area contributed by atoms with Gasteiger partial charge in [0.25, 0.3) is 0 Å². The van der Waals surface area contributed by atoms with E-state index in [1.807, 2.05) is 24.3 Å². The molecule has 1 aliphatic rings. The van der Waals surface area contributed by atoms with E-state index < -0.39 is 0 Å². The van der Waals surface area contributed by atoms with Gasteiger partial charge in [-0.2, -0.15) is 0 Å². The summed E-state index contributed by atoms with van der Waals surface area (Å²) in [5.41, 5.74) is 7.88. The van der Waals surface area contributed by atoms with E-state index in [9.17, 15) is 9.59 Å². The summed E-state index contributed by atoms with van der Waals surface area (Å²) in [5, 5.41) is 5.47. The first-order chi connectivity index (χ1) is 10.6. The molecule has 0 radical (unpaired) electrons. The number of halogens is 1. The number of nitrogens with two attached hydrogens (primary N) is 1. The molecule has 1 aliphatic carbocycles. The molecule has 0 unspecified atom stereocenters. The van der Waals surface area contributed by atoms with E-state index in [1.54, 1.807) is 0 Å². The van der Waals surface area contributed by atoms with E-state index in [0.717, 1.165) is 36.9 Å². The van der Waals surface area contributed by atoms with Crippen LogP contribution < -0.4 is 16.4 Å². The van der Waals surface area contributed by atoms with Crippen molar-refractivity contribution in [2.24, 2.45) is 11.7 Å². The van der Waals surface area contributed by atoms with E-state index in [2.05, 4.69) is 17.6 Å². The van der Waals surface area contributed by atoms with Gasteiger partial charge in [0.2, 0.25) is 11.8 Å². The first-order valence-corrected chi connectivity index (χ1v) is 7.99. The number of amides is 2. The summed E-state index contributed by atoms with van der Waals surface area (Å²) in [4.78, 5) is 23.7. The highest BCUT2D eigenvalue weighted by Gasteiger charge is 2.26. The van der Waals surface area contributed by atoms with Gasteiger partial charge in [0, 0.05) is 18.2 Å². The fourth-order valence-electron chi connectivity index (χ4n) is 2.88. The average Bonchev–Trinajstić information content (AvgIpc) is 2.90. The van der Waals surface area contributed by atoms with Crippen molar-refractivity contribution < 1.29 is 9.59 Å². The van der Waals surface area contributed by atoms with Crippen LogP contribution in [0.4, 0.5) is 5.69 Å². The lowest BCUT2D eigenvalue weighted by Crippen LogP contribution is -2.36. The summed E-state index contributed by atoms with van der Waals surface area (Å²) in [5.74, 6) is -0.0542. The quantitative estimate of drug-likeness (QED) is 0.743. The number of nitrogens with one attached hydrogen (secondary N) is 2. The molecule has 1 aromatic carbocycles. The van der Waals surface area contributed by atoms with Gasteiger partial charge in [-0.1, -0.05) is 25.5 Å². The van der Waals surface area contributed by atoms with Crippen LogP contribution in [0.25, 0.3) is 0 Å². The van der Waals surface area contributed by atoms with Crippen LogP contribution in [0.3, 0.4) is 0 Å². The molecule has 1 fully saturated rings. The molecule has 2 atom stereocenters. The first kappa shape index (κ1) is 19.5. The minimum Gasteiger partial charge on any atom is -0.347 e. The van der Waals surface area contributed by atoms with Gasteiger partial charge in [-0.3, -0.25) is 9.59 Å². The Hall–Kier alpha value is -1.59. The highest BCUT2D eigenvalue weighted by Crippen LogP contribution is 2.26. The molecule has 23 heavy (non-hydrogen) atoms. The van der Waals surface area contributed by atoms with Gasteiger partial charge in [-0.15, -0.1) is 12.4 Å². The number of hydrogen-bond acceptors (Lipinski definition) is 3. The molecule has 2 rings (SSSR count). The molecular weight excluding hydrogens is 314 g/mol. The molecule has 6 heteroatoms. The van der Waals surface area contributed by atoms with Crippen LogP contribution in [0.15, 0.2) is 24.3 Å². The lowest BCUT2D eigenvalue weighted by molar-refractivity contribution is -0.124. The third kappa shape index (κ3) is 6.20. The first-order valence-electron chi connectivity index (χ1n) is 7.99. The average molecular weight is 340 g/mol. The highest BCUT2D eigenvalue weighted by molar-refractivity contribution is 5.94. The summed E-state index contributed by atoms with van der Waals surface area (Å²) in [7, 11) is 0. The number of anilines is 1. The number of carbonyl (C=O) groups excluding carboxylic acids is 2. The summed E-state index contributed by atoms with van der Waals surface area (Å²) in [6, 6.07) is 7.83. The molecule has 4 N–H and O–H groups in total. The second-order valence-corrected chi connectivity index (χ2v) is 5.94. The zero-order valence-electron chi connectivity index (χ0n) is 13.5. The summed E-state index contributed by atoms with van der Waals surface area (Å²) < 4.78 is 0. The Morgan fingerprint density at radius 3 is 2.70 bits per heavy atom. The largest absolute Gasteiger partial charge is 0.347 e. The Morgan fingerprint density at radius 2 is 2.04 bits per heavy atom. The van der Waals surface area contributed by atoms with E-state index in [0.29, 0.717) is 6.42 Å². The van der Waals surface area contributed by atoms with Gasteiger partial charge in [0.05, 0.1) is 6.54 Å². The van der Waals surface area contributed by atoms with Crippen molar-refractivity contribution in [2.75, 3.05) is 11.9 Å². The Bertz CT molecular complexity index is 536. The van der Waals surface area contributed by atoms with Gasteiger partial charge in [-0.05, 0) is 42.9 Å². The van der Waals surface area contributed by atoms with E-state index >= 15 is 0 Å². The smallest absolute Gasteiger partial charge is 0.243 e. The Labute approximate surface area is 143 Å². The van der Waals surface area contributed by atoms with E-state index in [-0.39, 0.29) is 42.7 Å². The van der Waals surface area contributed by atoms with Crippen molar-refractivity contribution in [2.45, 2.75) is 45.1 Å². The lowest BCUT2D eigenvalue weighted by atomic mass is 10.00. The summed E-state index contributed by atoms with van der Waals surface area (Å²) in [6.07, 6.45) is 4.42.